The molecule has 1 heterocycles. The van der Waals surface area contributed by atoms with Gasteiger partial charge in [-0.05, 0) is 26.7 Å². The van der Waals surface area contributed by atoms with E-state index in [0.29, 0.717) is 5.96 Å². The lowest BCUT2D eigenvalue weighted by Gasteiger charge is -2.41. The number of nitrogens with one attached hydrogen (secondary N) is 1. The van der Waals surface area contributed by atoms with E-state index in [1.54, 1.807) is 0 Å². The van der Waals surface area contributed by atoms with Crippen LogP contribution >= 0.6 is 0 Å². The third-order valence-electron chi connectivity index (χ3n) is 4.27. The van der Waals surface area contributed by atoms with Crippen LogP contribution in [0, 0.1) is 17.2 Å². The second-order valence-corrected chi connectivity index (χ2v) is 5.32. The van der Waals surface area contributed by atoms with Crippen LogP contribution in [0.3, 0.4) is 0 Å². The number of amides is 1. The number of carbonyl (C=O) groups excluding carboxylic acids is 1. The molecule has 2 aliphatic rings. The summed E-state index contributed by atoms with van der Waals surface area (Å²) in [4.78, 5) is 19.1. The summed E-state index contributed by atoms with van der Waals surface area (Å²) in [5.41, 5.74) is -0.479. The maximum absolute atomic E-state index is 12.2. The van der Waals surface area contributed by atoms with Gasteiger partial charge in [-0.3, -0.25) is 10.1 Å². The molecule has 1 unspecified atom stereocenters. The summed E-state index contributed by atoms with van der Waals surface area (Å²) in [6.07, 6.45) is 4.99. The van der Waals surface area contributed by atoms with Crippen molar-refractivity contribution in [1.29, 1.82) is 5.26 Å². The Kier molecular flexibility index (Phi) is 4.08. The predicted octanol–water partition coefficient (Wildman–Crippen LogP) is 1.66. The van der Waals surface area contributed by atoms with Crippen molar-refractivity contribution in [2.75, 3.05) is 13.1 Å². The smallest absolute Gasteiger partial charge is 0.246 e. The zero-order valence-electron chi connectivity index (χ0n) is 11.8. The third kappa shape index (κ3) is 2.44. The summed E-state index contributed by atoms with van der Waals surface area (Å²) in [5.74, 6) is -0.156. The molecular weight excluding hydrogens is 240 g/mol. The molecule has 5 nitrogen and oxygen atoms in total. The van der Waals surface area contributed by atoms with Crippen LogP contribution in [-0.2, 0) is 4.79 Å². The van der Waals surface area contributed by atoms with Crippen molar-refractivity contribution in [3.8, 4) is 6.07 Å². The van der Waals surface area contributed by atoms with Crippen molar-refractivity contribution in [2.45, 2.75) is 51.5 Å². The van der Waals surface area contributed by atoms with E-state index in [9.17, 15) is 10.1 Å². The second-order valence-electron chi connectivity index (χ2n) is 5.32. The molecule has 5 heteroatoms. The average Bonchev–Trinajstić information content (AvgIpc) is 2.41. The summed E-state index contributed by atoms with van der Waals surface area (Å²) in [6, 6.07) is 2.17. The number of hydrogen-bond acceptors (Lipinski definition) is 4. The number of aliphatic imine (C=N–C) groups is 1. The van der Waals surface area contributed by atoms with Crippen LogP contribution in [0.5, 0.6) is 0 Å². The van der Waals surface area contributed by atoms with Gasteiger partial charge in [-0.1, -0.05) is 19.3 Å². The molecule has 1 N–H and O–H groups in total. The van der Waals surface area contributed by atoms with Crippen molar-refractivity contribution >= 4 is 11.9 Å². The molecular formula is C14H22N4O. The highest BCUT2D eigenvalue weighted by atomic mass is 16.2. The van der Waals surface area contributed by atoms with Crippen LogP contribution in [0.2, 0.25) is 0 Å². The Morgan fingerprint density at radius 3 is 2.53 bits per heavy atom. The first-order valence-electron chi connectivity index (χ1n) is 7.22. The Balaban J connectivity index is 2.37. The first-order chi connectivity index (χ1) is 9.16. The molecule has 0 aromatic carbocycles. The van der Waals surface area contributed by atoms with Gasteiger partial charge in [0.1, 0.15) is 0 Å². The summed E-state index contributed by atoms with van der Waals surface area (Å²) in [6.45, 7) is 5.70. The first-order valence-corrected chi connectivity index (χ1v) is 7.22. The molecule has 1 aliphatic heterocycles. The van der Waals surface area contributed by atoms with Gasteiger partial charge in [-0.15, -0.1) is 0 Å². The van der Waals surface area contributed by atoms with E-state index in [-0.39, 0.29) is 5.91 Å². The van der Waals surface area contributed by atoms with E-state index in [1.807, 2.05) is 18.7 Å². The minimum atomic E-state index is -0.632. The zero-order chi connectivity index (χ0) is 13.9. The van der Waals surface area contributed by atoms with Crippen molar-refractivity contribution in [1.82, 2.24) is 10.2 Å². The highest BCUT2D eigenvalue weighted by Gasteiger charge is 2.47. The fraction of sp³-hybridized carbons (Fsp3) is 0.786. The van der Waals surface area contributed by atoms with Gasteiger partial charge in [0.15, 0.2) is 5.92 Å². The molecule has 19 heavy (non-hydrogen) atoms. The minimum absolute atomic E-state index is 0.179. The normalized spacial score (nSPS) is 25.4. The van der Waals surface area contributed by atoms with E-state index in [2.05, 4.69) is 11.4 Å². The topological polar surface area (TPSA) is 68.5 Å². The maximum atomic E-state index is 12.2. The quantitative estimate of drug-likeness (QED) is 0.822. The molecule has 0 aromatic heterocycles. The second kappa shape index (κ2) is 5.60. The van der Waals surface area contributed by atoms with Gasteiger partial charge >= 0.3 is 0 Å². The van der Waals surface area contributed by atoms with Gasteiger partial charge < -0.3 is 4.90 Å². The Labute approximate surface area is 114 Å². The molecule has 0 bridgehead atoms. The monoisotopic (exact) mass is 262 g/mol. The predicted molar refractivity (Wildman–Crippen MR) is 73.4 cm³/mol. The van der Waals surface area contributed by atoms with Gasteiger partial charge in [-0.2, -0.15) is 5.26 Å². The molecule has 1 aliphatic carbocycles. The average molecular weight is 262 g/mol. The Morgan fingerprint density at radius 2 is 2.00 bits per heavy atom. The fourth-order valence-corrected chi connectivity index (χ4v) is 3.15. The molecule has 2 rings (SSSR count). The summed E-state index contributed by atoms with van der Waals surface area (Å²) < 4.78 is 0. The van der Waals surface area contributed by atoms with Gasteiger partial charge in [0.2, 0.25) is 11.9 Å². The van der Waals surface area contributed by atoms with Gasteiger partial charge in [0, 0.05) is 13.1 Å². The van der Waals surface area contributed by atoms with Crippen molar-refractivity contribution in [3.05, 3.63) is 0 Å². The summed E-state index contributed by atoms with van der Waals surface area (Å²) >= 11 is 0. The maximum Gasteiger partial charge on any atom is 0.246 e. The van der Waals surface area contributed by atoms with Gasteiger partial charge in [-0.25, -0.2) is 4.99 Å². The van der Waals surface area contributed by atoms with Crippen LogP contribution < -0.4 is 5.32 Å². The molecule has 1 amide bonds. The van der Waals surface area contributed by atoms with Crippen molar-refractivity contribution in [2.24, 2.45) is 10.9 Å². The lowest BCUT2D eigenvalue weighted by atomic mass is 9.72. The van der Waals surface area contributed by atoms with Gasteiger partial charge in [0.25, 0.3) is 0 Å². The van der Waals surface area contributed by atoms with Crippen molar-refractivity contribution in [3.63, 3.8) is 0 Å². The van der Waals surface area contributed by atoms with Crippen LogP contribution in [0.4, 0.5) is 0 Å². The molecule has 0 aromatic rings. The fourth-order valence-electron chi connectivity index (χ4n) is 3.15. The molecule has 1 saturated carbocycles. The van der Waals surface area contributed by atoms with E-state index in [1.165, 1.54) is 6.42 Å². The van der Waals surface area contributed by atoms with Crippen LogP contribution in [0.15, 0.2) is 4.99 Å². The number of nitrogens with zero attached hydrogens (tertiary/aromatic N) is 3. The third-order valence-corrected chi connectivity index (χ3v) is 4.27. The van der Waals surface area contributed by atoms with E-state index in [4.69, 9.17) is 4.99 Å². The zero-order valence-corrected chi connectivity index (χ0v) is 11.8. The molecule has 1 atom stereocenters. The molecule has 0 saturated heterocycles. The standard InChI is InChI=1S/C14H22N4O/c1-3-18(4-2)13-16-12(19)11(10-15)14(17-13)8-6-5-7-9-14/h11H,3-9H2,1-2H3,(H,16,17,19). The number of hydrogen-bond donors (Lipinski definition) is 1. The first kappa shape index (κ1) is 13.9. The van der Waals surface area contributed by atoms with Crippen LogP contribution in [0.25, 0.3) is 0 Å². The highest BCUT2D eigenvalue weighted by molar-refractivity contribution is 6.02. The van der Waals surface area contributed by atoms with E-state index < -0.39 is 11.5 Å². The number of rotatable bonds is 2. The van der Waals surface area contributed by atoms with Crippen molar-refractivity contribution < 1.29 is 4.79 Å². The lowest BCUT2D eigenvalue weighted by molar-refractivity contribution is -0.125. The van der Waals surface area contributed by atoms with Crippen LogP contribution in [0.1, 0.15) is 46.0 Å². The molecule has 1 fully saturated rings. The highest BCUT2D eigenvalue weighted by Crippen LogP contribution is 2.39. The minimum Gasteiger partial charge on any atom is -0.343 e. The van der Waals surface area contributed by atoms with Crippen LogP contribution in [-0.4, -0.2) is 35.4 Å². The van der Waals surface area contributed by atoms with E-state index in [0.717, 1.165) is 38.8 Å². The Hall–Kier alpha value is -1.57. The molecule has 104 valence electrons. The number of carbonyl (C=O) groups is 1. The molecule has 0 radical (unpaired) electrons. The SMILES string of the molecule is CCN(CC)C1=NC2(CCCCC2)C(C#N)C(=O)N1. The Bertz CT molecular complexity index is 414. The van der Waals surface area contributed by atoms with E-state index >= 15 is 0 Å². The Morgan fingerprint density at radius 1 is 1.37 bits per heavy atom. The summed E-state index contributed by atoms with van der Waals surface area (Å²) in [7, 11) is 0. The lowest BCUT2D eigenvalue weighted by Crippen LogP contribution is -2.57. The number of nitriles is 1. The summed E-state index contributed by atoms with van der Waals surface area (Å²) in [5, 5.41) is 12.1. The largest absolute Gasteiger partial charge is 0.343 e. The van der Waals surface area contributed by atoms with Gasteiger partial charge in [0.05, 0.1) is 11.6 Å². The number of guanidine groups is 1. The molecule has 1 spiro atoms.